The molecule has 2 rings (SSSR count). The molecule has 1 heterocycles. The van der Waals surface area contributed by atoms with Crippen molar-refractivity contribution in [2.45, 2.75) is 19.4 Å². The summed E-state index contributed by atoms with van der Waals surface area (Å²) >= 11 is 5.77. The lowest BCUT2D eigenvalue weighted by Crippen LogP contribution is -2.08. The van der Waals surface area contributed by atoms with Gasteiger partial charge in [0.1, 0.15) is 0 Å². The van der Waals surface area contributed by atoms with Crippen LogP contribution in [-0.2, 0) is 13.5 Å². The lowest BCUT2D eigenvalue weighted by Gasteiger charge is -2.13. The summed E-state index contributed by atoms with van der Waals surface area (Å²) in [5, 5.41) is 14.7. The molecule has 0 aliphatic heterocycles. The Morgan fingerprint density at radius 1 is 1.44 bits per heavy atom. The monoisotopic (exact) mass is 420 g/mol. The van der Waals surface area contributed by atoms with Crippen molar-refractivity contribution >= 4 is 38.5 Å². The van der Waals surface area contributed by atoms with Crippen LogP contribution >= 0.6 is 38.5 Å². The maximum absolute atomic E-state index is 10.3. The van der Waals surface area contributed by atoms with Gasteiger partial charge in [0.15, 0.2) is 0 Å². The first-order chi connectivity index (χ1) is 8.50. The molecule has 0 aliphatic rings. The van der Waals surface area contributed by atoms with E-state index in [1.54, 1.807) is 0 Å². The molecule has 0 radical (unpaired) electrons. The highest BCUT2D eigenvalue weighted by molar-refractivity contribution is 14.1. The van der Waals surface area contributed by atoms with Crippen LogP contribution in [0.15, 0.2) is 28.7 Å². The van der Waals surface area contributed by atoms with Crippen molar-refractivity contribution in [3.8, 4) is 0 Å². The average Bonchev–Trinajstić information content (AvgIpc) is 2.56. The van der Waals surface area contributed by atoms with Gasteiger partial charge in [-0.25, -0.2) is 0 Å². The van der Waals surface area contributed by atoms with Gasteiger partial charge in [-0.1, -0.05) is 18.2 Å². The predicted octanol–water partition coefficient (Wildman–Crippen LogP) is 3.37. The number of benzene rings is 1. The molecule has 1 unspecified atom stereocenters. The number of aliphatic hydroxyl groups excluding tert-OH is 1. The van der Waals surface area contributed by atoms with Crippen molar-refractivity contribution in [3.05, 3.63) is 49.3 Å². The van der Waals surface area contributed by atoms with E-state index in [2.05, 4.69) is 43.6 Å². The van der Waals surface area contributed by atoms with E-state index in [9.17, 15) is 5.11 Å². The van der Waals surface area contributed by atoms with Gasteiger partial charge in [-0.15, -0.1) is 0 Å². The van der Waals surface area contributed by atoms with E-state index < -0.39 is 6.10 Å². The largest absolute Gasteiger partial charge is 0.388 e. The fourth-order valence-electron chi connectivity index (χ4n) is 1.94. The fraction of sp³-hybridized carbons (Fsp3) is 0.308. The molecular weight excluding hydrogens is 407 g/mol. The van der Waals surface area contributed by atoms with Crippen LogP contribution in [0.2, 0.25) is 0 Å². The number of nitrogens with zero attached hydrogens (tertiary/aromatic N) is 2. The van der Waals surface area contributed by atoms with Gasteiger partial charge in [-0.2, -0.15) is 5.10 Å². The number of aliphatic hydroxyl groups is 1. The van der Waals surface area contributed by atoms with Gasteiger partial charge in [0.05, 0.1) is 22.0 Å². The standard InChI is InChI=1S/C13H14BrIN2O/c1-8-13(14)11(17(2)16-8)7-12(18)9-5-3-4-6-10(9)15/h3-6,12,18H,7H2,1-2H3. The van der Waals surface area contributed by atoms with Gasteiger partial charge in [0.2, 0.25) is 0 Å². The van der Waals surface area contributed by atoms with E-state index >= 15 is 0 Å². The second-order valence-electron chi connectivity index (χ2n) is 4.21. The van der Waals surface area contributed by atoms with Crippen LogP contribution in [0, 0.1) is 10.5 Å². The molecule has 2 aromatic rings. The Labute approximate surface area is 128 Å². The van der Waals surface area contributed by atoms with Gasteiger partial charge >= 0.3 is 0 Å². The minimum absolute atomic E-state index is 0.510. The number of rotatable bonds is 3. The van der Waals surface area contributed by atoms with Crippen LogP contribution < -0.4 is 0 Å². The zero-order chi connectivity index (χ0) is 13.3. The fourth-order valence-corrected chi connectivity index (χ4v) is 3.18. The van der Waals surface area contributed by atoms with Gasteiger partial charge in [0, 0.05) is 17.0 Å². The third-order valence-corrected chi connectivity index (χ3v) is 4.93. The number of aryl methyl sites for hydroxylation is 2. The molecule has 0 bridgehead atoms. The molecule has 5 heteroatoms. The number of hydrogen-bond donors (Lipinski definition) is 1. The van der Waals surface area contributed by atoms with Crippen LogP contribution in [0.1, 0.15) is 23.1 Å². The molecule has 1 atom stereocenters. The lowest BCUT2D eigenvalue weighted by molar-refractivity contribution is 0.174. The van der Waals surface area contributed by atoms with Crippen molar-refractivity contribution in [1.29, 1.82) is 0 Å². The van der Waals surface area contributed by atoms with Crippen molar-refractivity contribution in [2.24, 2.45) is 7.05 Å². The van der Waals surface area contributed by atoms with E-state index in [0.717, 1.165) is 25.0 Å². The summed E-state index contributed by atoms with van der Waals surface area (Å²) in [6.45, 7) is 1.95. The summed E-state index contributed by atoms with van der Waals surface area (Å²) in [7, 11) is 1.90. The summed E-state index contributed by atoms with van der Waals surface area (Å²) < 4.78 is 3.88. The Morgan fingerprint density at radius 3 is 2.67 bits per heavy atom. The Bertz CT molecular complexity index is 568. The maximum atomic E-state index is 10.3. The molecular formula is C13H14BrIN2O. The smallest absolute Gasteiger partial charge is 0.0855 e. The van der Waals surface area contributed by atoms with Crippen LogP contribution in [0.5, 0.6) is 0 Å². The highest BCUT2D eigenvalue weighted by Gasteiger charge is 2.17. The summed E-state index contributed by atoms with van der Waals surface area (Å²) in [5.74, 6) is 0. The Hall–Kier alpha value is -0.400. The van der Waals surface area contributed by atoms with Crippen molar-refractivity contribution < 1.29 is 5.11 Å². The topological polar surface area (TPSA) is 38.0 Å². The SMILES string of the molecule is Cc1nn(C)c(CC(O)c2ccccc2I)c1Br. The Morgan fingerprint density at radius 2 is 2.11 bits per heavy atom. The van der Waals surface area contributed by atoms with Gasteiger partial charge in [0.25, 0.3) is 0 Å². The first kappa shape index (κ1) is 14.0. The van der Waals surface area contributed by atoms with E-state index in [1.807, 2.05) is 42.9 Å². The molecule has 0 spiro atoms. The molecule has 0 saturated heterocycles. The molecule has 3 nitrogen and oxygen atoms in total. The molecule has 1 aromatic heterocycles. The molecule has 18 heavy (non-hydrogen) atoms. The zero-order valence-corrected chi connectivity index (χ0v) is 13.9. The Balaban J connectivity index is 2.27. The van der Waals surface area contributed by atoms with Gasteiger partial charge in [-0.3, -0.25) is 4.68 Å². The molecule has 0 fully saturated rings. The normalized spacial score (nSPS) is 12.7. The van der Waals surface area contributed by atoms with Crippen LogP contribution in [0.4, 0.5) is 0 Å². The highest BCUT2D eigenvalue weighted by Crippen LogP contribution is 2.27. The quantitative estimate of drug-likeness (QED) is 0.773. The van der Waals surface area contributed by atoms with Gasteiger partial charge in [-0.05, 0) is 57.1 Å². The van der Waals surface area contributed by atoms with Crippen molar-refractivity contribution in [1.82, 2.24) is 9.78 Å². The molecule has 96 valence electrons. The van der Waals surface area contributed by atoms with Crippen molar-refractivity contribution in [2.75, 3.05) is 0 Å². The Kier molecular flexibility index (Phi) is 4.45. The summed E-state index contributed by atoms with van der Waals surface area (Å²) in [6.07, 6.45) is 0.0435. The summed E-state index contributed by atoms with van der Waals surface area (Å²) in [6, 6.07) is 7.89. The zero-order valence-electron chi connectivity index (χ0n) is 10.2. The number of halogens is 2. The first-order valence-corrected chi connectivity index (χ1v) is 7.48. The third-order valence-electron chi connectivity index (χ3n) is 2.91. The first-order valence-electron chi connectivity index (χ1n) is 5.61. The average molecular weight is 421 g/mol. The minimum atomic E-state index is -0.510. The predicted molar refractivity (Wildman–Crippen MR) is 83.5 cm³/mol. The minimum Gasteiger partial charge on any atom is -0.388 e. The van der Waals surface area contributed by atoms with Gasteiger partial charge < -0.3 is 5.11 Å². The number of hydrogen-bond acceptors (Lipinski definition) is 2. The maximum Gasteiger partial charge on any atom is 0.0855 e. The van der Waals surface area contributed by atoms with Crippen LogP contribution in [-0.4, -0.2) is 14.9 Å². The van der Waals surface area contributed by atoms with Crippen molar-refractivity contribution in [3.63, 3.8) is 0 Å². The molecule has 0 aliphatic carbocycles. The molecule has 1 aromatic carbocycles. The second-order valence-corrected chi connectivity index (χ2v) is 6.17. The third kappa shape index (κ3) is 2.78. The van der Waals surface area contributed by atoms with E-state index in [4.69, 9.17) is 0 Å². The number of aromatic nitrogens is 2. The van der Waals surface area contributed by atoms with E-state index in [1.165, 1.54) is 0 Å². The molecule has 1 N–H and O–H groups in total. The summed E-state index contributed by atoms with van der Waals surface area (Å²) in [4.78, 5) is 0. The van der Waals surface area contributed by atoms with E-state index in [0.29, 0.717) is 6.42 Å². The van der Waals surface area contributed by atoms with Crippen LogP contribution in [0.25, 0.3) is 0 Å². The van der Waals surface area contributed by atoms with E-state index in [-0.39, 0.29) is 0 Å². The summed E-state index contributed by atoms with van der Waals surface area (Å²) in [5.41, 5.74) is 2.92. The highest BCUT2D eigenvalue weighted by atomic mass is 127. The molecule has 0 saturated carbocycles. The lowest BCUT2D eigenvalue weighted by atomic mass is 10.0. The van der Waals surface area contributed by atoms with Crippen LogP contribution in [0.3, 0.4) is 0 Å². The second kappa shape index (κ2) is 5.71. The molecule has 0 amide bonds.